The van der Waals surface area contributed by atoms with Gasteiger partial charge in [0, 0.05) is 12.5 Å². The maximum Gasteiger partial charge on any atom is 0.315 e. The van der Waals surface area contributed by atoms with Gasteiger partial charge in [-0.05, 0) is 5.92 Å². The molecule has 4 heteroatoms. The SMILES string of the molecule is CNC(=O)N[C@H](C(=O)C(C)(C)C)C(C)C. The van der Waals surface area contributed by atoms with Crippen LogP contribution in [0.3, 0.4) is 0 Å². The van der Waals surface area contributed by atoms with Gasteiger partial charge in [-0.3, -0.25) is 4.79 Å². The van der Waals surface area contributed by atoms with Gasteiger partial charge in [-0.25, -0.2) is 4.79 Å². The third kappa shape index (κ3) is 4.32. The van der Waals surface area contributed by atoms with Crippen molar-refractivity contribution < 1.29 is 9.59 Å². The molecule has 0 heterocycles. The summed E-state index contributed by atoms with van der Waals surface area (Å²) >= 11 is 0. The molecular formula is C11H22N2O2. The fraction of sp³-hybridized carbons (Fsp3) is 0.818. The van der Waals surface area contributed by atoms with E-state index in [2.05, 4.69) is 10.6 Å². The largest absolute Gasteiger partial charge is 0.341 e. The second-order valence-corrected chi connectivity index (χ2v) is 5.06. The van der Waals surface area contributed by atoms with Gasteiger partial charge in [-0.2, -0.15) is 0 Å². The first-order chi connectivity index (χ1) is 6.70. The molecule has 0 unspecified atom stereocenters. The van der Waals surface area contributed by atoms with Crippen LogP contribution >= 0.6 is 0 Å². The molecule has 88 valence electrons. The van der Waals surface area contributed by atoms with E-state index in [1.54, 1.807) is 0 Å². The molecule has 0 fully saturated rings. The molecule has 0 aliphatic carbocycles. The second kappa shape index (κ2) is 5.14. The summed E-state index contributed by atoms with van der Waals surface area (Å²) in [6.45, 7) is 9.41. The molecule has 15 heavy (non-hydrogen) atoms. The number of carbonyl (C=O) groups excluding carboxylic acids is 2. The first-order valence-electron chi connectivity index (χ1n) is 5.22. The van der Waals surface area contributed by atoms with E-state index < -0.39 is 11.5 Å². The maximum atomic E-state index is 12.0. The zero-order valence-corrected chi connectivity index (χ0v) is 10.5. The number of hydrogen-bond acceptors (Lipinski definition) is 2. The summed E-state index contributed by atoms with van der Waals surface area (Å²) in [6, 6.07) is -0.740. The molecule has 0 aromatic carbocycles. The Labute approximate surface area is 91.8 Å². The highest BCUT2D eigenvalue weighted by molar-refractivity contribution is 5.92. The summed E-state index contributed by atoms with van der Waals surface area (Å²) in [6.07, 6.45) is 0. The monoisotopic (exact) mass is 214 g/mol. The standard InChI is InChI=1S/C11H22N2O2/c1-7(2)8(13-10(15)12-6)9(14)11(3,4)5/h7-8H,1-6H3,(H2,12,13,15)/t8-/m0/s1. The molecule has 1 atom stereocenters. The van der Waals surface area contributed by atoms with Crippen molar-refractivity contribution in [2.24, 2.45) is 11.3 Å². The number of rotatable bonds is 3. The topological polar surface area (TPSA) is 58.2 Å². The predicted octanol–water partition coefficient (Wildman–Crippen LogP) is 1.56. The summed E-state index contributed by atoms with van der Waals surface area (Å²) in [5, 5.41) is 5.13. The quantitative estimate of drug-likeness (QED) is 0.749. The number of ketones is 1. The van der Waals surface area contributed by atoms with E-state index in [1.807, 2.05) is 34.6 Å². The van der Waals surface area contributed by atoms with Crippen LogP contribution in [0.4, 0.5) is 4.79 Å². The minimum Gasteiger partial charge on any atom is -0.341 e. The minimum absolute atomic E-state index is 0.0566. The lowest BCUT2D eigenvalue weighted by molar-refractivity contribution is -0.129. The first kappa shape index (κ1) is 13.9. The van der Waals surface area contributed by atoms with E-state index in [0.717, 1.165) is 0 Å². The van der Waals surface area contributed by atoms with Crippen molar-refractivity contribution in [3.63, 3.8) is 0 Å². The first-order valence-corrected chi connectivity index (χ1v) is 5.22. The molecule has 0 saturated carbocycles. The predicted molar refractivity (Wildman–Crippen MR) is 60.7 cm³/mol. The van der Waals surface area contributed by atoms with Gasteiger partial charge in [-0.1, -0.05) is 34.6 Å². The van der Waals surface area contributed by atoms with E-state index in [-0.39, 0.29) is 17.7 Å². The van der Waals surface area contributed by atoms with Crippen LogP contribution in [-0.2, 0) is 4.79 Å². The Kier molecular flexibility index (Phi) is 4.78. The van der Waals surface area contributed by atoms with Crippen LogP contribution in [0.15, 0.2) is 0 Å². The Bertz CT molecular complexity index is 241. The summed E-state index contributed by atoms with van der Waals surface area (Å²) < 4.78 is 0. The fourth-order valence-electron chi connectivity index (χ4n) is 1.21. The summed E-state index contributed by atoms with van der Waals surface area (Å²) in [7, 11) is 1.54. The number of carbonyl (C=O) groups is 2. The Morgan fingerprint density at radius 3 is 1.87 bits per heavy atom. The average molecular weight is 214 g/mol. The molecule has 0 radical (unpaired) electrons. The zero-order chi connectivity index (χ0) is 12.2. The lowest BCUT2D eigenvalue weighted by Gasteiger charge is -2.27. The third-order valence-electron chi connectivity index (χ3n) is 2.20. The Morgan fingerprint density at radius 1 is 1.13 bits per heavy atom. The van der Waals surface area contributed by atoms with Gasteiger partial charge in [0.25, 0.3) is 0 Å². The highest BCUT2D eigenvalue weighted by Gasteiger charge is 2.32. The van der Waals surface area contributed by atoms with E-state index >= 15 is 0 Å². The molecule has 0 aromatic heterocycles. The van der Waals surface area contributed by atoms with Crippen LogP contribution in [0, 0.1) is 11.3 Å². The van der Waals surface area contributed by atoms with Crippen LogP contribution in [0.2, 0.25) is 0 Å². The van der Waals surface area contributed by atoms with Gasteiger partial charge in [0.2, 0.25) is 0 Å². The van der Waals surface area contributed by atoms with Crippen LogP contribution in [0.5, 0.6) is 0 Å². The maximum absolute atomic E-state index is 12.0. The average Bonchev–Trinajstić information content (AvgIpc) is 2.10. The smallest absolute Gasteiger partial charge is 0.315 e. The van der Waals surface area contributed by atoms with E-state index in [1.165, 1.54) is 7.05 Å². The number of amides is 2. The highest BCUT2D eigenvalue weighted by atomic mass is 16.2. The van der Waals surface area contributed by atoms with Crippen molar-refractivity contribution in [3.8, 4) is 0 Å². The Hall–Kier alpha value is -1.06. The molecule has 2 N–H and O–H groups in total. The van der Waals surface area contributed by atoms with Crippen molar-refractivity contribution in [2.75, 3.05) is 7.05 Å². The van der Waals surface area contributed by atoms with Crippen molar-refractivity contribution in [2.45, 2.75) is 40.7 Å². The van der Waals surface area contributed by atoms with Crippen LogP contribution < -0.4 is 10.6 Å². The van der Waals surface area contributed by atoms with Gasteiger partial charge in [0.15, 0.2) is 5.78 Å². The Balaban J connectivity index is 4.68. The van der Waals surface area contributed by atoms with Crippen LogP contribution in [0.1, 0.15) is 34.6 Å². The Morgan fingerprint density at radius 2 is 1.60 bits per heavy atom. The van der Waals surface area contributed by atoms with Gasteiger partial charge >= 0.3 is 6.03 Å². The lowest BCUT2D eigenvalue weighted by atomic mass is 9.82. The molecule has 0 saturated heterocycles. The summed E-state index contributed by atoms with van der Waals surface area (Å²) in [5.74, 6) is 0.148. The van der Waals surface area contributed by atoms with Crippen molar-refractivity contribution in [3.05, 3.63) is 0 Å². The van der Waals surface area contributed by atoms with Gasteiger partial charge in [0.05, 0.1) is 6.04 Å². The van der Waals surface area contributed by atoms with Gasteiger partial charge < -0.3 is 10.6 Å². The molecule has 0 aromatic rings. The third-order valence-corrected chi connectivity index (χ3v) is 2.20. The second-order valence-electron chi connectivity index (χ2n) is 5.06. The molecule has 0 spiro atoms. The normalized spacial score (nSPS) is 13.5. The van der Waals surface area contributed by atoms with Crippen molar-refractivity contribution in [1.29, 1.82) is 0 Å². The minimum atomic E-state index is -0.435. The zero-order valence-electron chi connectivity index (χ0n) is 10.5. The van der Waals surface area contributed by atoms with Crippen molar-refractivity contribution >= 4 is 11.8 Å². The highest BCUT2D eigenvalue weighted by Crippen LogP contribution is 2.20. The van der Waals surface area contributed by atoms with Crippen LogP contribution in [0.25, 0.3) is 0 Å². The number of hydrogen-bond donors (Lipinski definition) is 2. The van der Waals surface area contributed by atoms with Crippen molar-refractivity contribution in [1.82, 2.24) is 10.6 Å². The summed E-state index contributed by atoms with van der Waals surface area (Å²) in [4.78, 5) is 23.2. The van der Waals surface area contributed by atoms with E-state index in [4.69, 9.17) is 0 Å². The summed E-state index contributed by atoms with van der Waals surface area (Å²) in [5.41, 5.74) is -0.435. The fourth-order valence-corrected chi connectivity index (χ4v) is 1.21. The van der Waals surface area contributed by atoms with E-state index in [0.29, 0.717) is 0 Å². The van der Waals surface area contributed by atoms with E-state index in [9.17, 15) is 9.59 Å². The number of nitrogens with one attached hydrogen (secondary N) is 2. The molecule has 0 bridgehead atoms. The number of urea groups is 1. The number of Topliss-reactive ketones (excluding diaryl/α,β-unsaturated/α-hetero) is 1. The molecule has 0 aliphatic rings. The molecule has 0 rings (SSSR count). The lowest BCUT2D eigenvalue weighted by Crippen LogP contribution is -2.51. The van der Waals surface area contributed by atoms with Crippen LogP contribution in [-0.4, -0.2) is 24.9 Å². The molecule has 0 aliphatic heterocycles. The molecule has 2 amide bonds. The van der Waals surface area contributed by atoms with Gasteiger partial charge in [0.1, 0.15) is 0 Å². The molecular weight excluding hydrogens is 192 g/mol. The van der Waals surface area contributed by atoms with Gasteiger partial charge in [-0.15, -0.1) is 0 Å². The molecule has 4 nitrogen and oxygen atoms in total.